The summed E-state index contributed by atoms with van der Waals surface area (Å²) in [5, 5.41) is 11.1. The maximum atomic E-state index is 13.2. The molecule has 0 heterocycles. The molecule has 0 fully saturated rings. The molecule has 1 aliphatic carbocycles. The first-order valence-corrected chi connectivity index (χ1v) is 10.3. The molecule has 154 valence electrons. The average molecular weight is 461 g/mol. The van der Waals surface area contributed by atoms with Crippen molar-refractivity contribution in [2.24, 2.45) is 5.92 Å². The summed E-state index contributed by atoms with van der Waals surface area (Å²) in [6, 6.07) is 13.1. The molecule has 0 saturated carbocycles. The number of hydrogen-bond donors (Lipinski definition) is 1. The van der Waals surface area contributed by atoms with Crippen LogP contribution in [0.1, 0.15) is 49.2 Å². The number of benzene rings is 2. The Hall–Kier alpha value is -2.18. The molecule has 0 bridgehead atoms. The highest BCUT2D eigenvalue weighted by molar-refractivity contribution is 9.10. The van der Waals surface area contributed by atoms with E-state index in [1.54, 1.807) is 33.8 Å². The van der Waals surface area contributed by atoms with Crippen LogP contribution in [0.3, 0.4) is 0 Å². The third kappa shape index (κ3) is 4.38. The van der Waals surface area contributed by atoms with Gasteiger partial charge in [-0.05, 0) is 66.4 Å². The molecule has 0 aliphatic heterocycles. The highest BCUT2D eigenvalue weighted by atomic mass is 79.9. The van der Waals surface area contributed by atoms with E-state index >= 15 is 0 Å². The Morgan fingerprint density at radius 1 is 1.24 bits per heavy atom. The zero-order valence-electron chi connectivity index (χ0n) is 17.0. The van der Waals surface area contributed by atoms with Crippen LogP contribution in [0.4, 0.5) is 0 Å². The number of Topliss-reactive ketones (excluding diaryl/α,β-unsaturated/α-hetero) is 1. The summed E-state index contributed by atoms with van der Waals surface area (Å²) in [4.78, 5) is 25.9. The largest absolute Gasteiger partial charge is 0.488 e. The van der Waals surface area contributed by atoms with Crippen LogP contribution >= 0.6 is 15.9 Å². The second-order valence-electron chi connectivity index (χ2n) is 8.42. The molecule has 5 nitrogen and oxygen atoms in total. The molecule has 6 heteroatoms. The molecule has 29 heavy (non-hydrogen) atoms. The van der Waals surface area contributed by atoms with E-state index in [0.717, 1.165) is 15.6 Å². The topological polar surface area (TPSA) is 72.8 Å². The molecule has 3 rings (SSSR count). The van der Waals surface area contributed by atoms with Crippen molar-refractivity contribution in [3.05, 3.63) is 63.6 Å². The number of aliphatic hydroxyl groups is 1. The van der Waals surface area contributed by atoms with E-state index in [-0.39, 0.29) is 5.56 Å². The second kappa shape index (κ2) is 7.92. The first-order valence-electron chi connectivity index (χ1n) is 9.52. The van der Waals surface area contributed by atoms with E-state index in [0.29, 0.717) is 18.8 Å². The van der Waals surface area contributed by atoms with Gasteiger partial charge in [-0.1, -0.05) is 37.3 Å². The fourth-order valence-corrected chi connectivity index (χ4v) is 3.88. The third-order valence-corrected chi connectivity index (χ3v) is 5.55. The summed E-state index contributed by atoms with van der Waals surface area (Å²) in [5.74, 6) is -1.71. The number of hydrogen-bond acceptors (Lipinski definition) is 5. The monoisotopic (exact) mass is 460 g/mol. The summed E-state index contributed by atoms with van der Waals surface area (Å²) in [6.07, 6.45) is 0.369. The molecule has 1 N–H and O–H groups in total. The number of fused-ring (bicyclic) bond motifs is 1. The Morgan fingerprint density at radius 3 is 2.52 bits per heavy atom. The van der Waals surface area contributed by atoms with Crippen LogP contribution in [0, 0.1) is 5.92 Å². The number of rotatable bonds is 4. The van der Waals surface area contributed by atoms with Crippen LogP contribution in [0.25, 0.3) is 0 Å². The van der Waals surface area contributed by atoms with Crippen molar-refractivity contribution in [2.75, 3.05) is 0 Å². The maximum absolute atomic E-state index is 13.2. The van der Waals surface area contributed by atoms with Crippen LogP contribution in [0.5, 0.6) is 5.75 Å². The van der Waals surface area contributed by atoms with Crippen molar-refractivity contribution in [1.29, 1.82) is 0 Å². The summed E-state index contributed by atoms with van der Waals surface area (Å²) < 4.78 is 11.9. The molecule has 0 saturated heterocycles. The highest BCUT2D eigenvalue weighted by Crippen LogP contribution is 2.39. The van der Waals surface area contributed by atoms with Gasteiger partial charge in [-0.25, -0.2) is 4.79 Å². The molecular formula is C23H25BrO5. The lowest BCUT2D eigenvalue weighted by Gasteiger charge is -2.37. The van der Waals surface area contributed by atoms with Crippen molar-refractivity contribution in [1.82, 2.24) is 0 Å². The minimum atomic E-state index is -2.22. The van der Waals surface area contributed by atoms with E-state index in [1.165, 1.54) is 0 Å². The van der Waals surface area contributed by atoms with Gasteiger partial charge in [0.15, 0.2) is 0 Å². The molecular weight excluding hydrogens is 436 g/mol. The van der Waals surface area contributed by atoms with Crippen LogP contribution < -0.4 is 4.74 Å². The molecule has 0 radical (unpaired) electrons. The zero-order valence-corrected chi connectivity index (χ0v) is 18.6. The van der Waals surface area contributed by atoms with Gasteiger partial charge < -0.3 is 14.6 Å². The fourth-order valence-electron chi connectivity index (χ4n) is 3.38. The first kappa shape index (κ1) is 21.5. The quantitative estimate of drug-likeness (QED) is 0.537. The fraction of sp³-hybridized carbons (Fsp3) is 0.391. The summed E-state index contributed by atoms with van der Waals surface area (Å²) in [7, 11) is 0. The van der Waals surface area contributed by atoms with Crippen molar-refractivity contribution in [3.63, 3.8) is 0 Å². The lowest BCUT2D eigenvalue weighted by Crippen LogP contribution is -2.57. The van der Waals surface area contributed by atoms with Crippen molar-refractivity contribution >= 4 is 27.7 Å². The Labute approximate surface area is 179 Å². The predicted molar refractivity (Wildman–Crippen MR) is 113 cm³/mol. The number of ketones is 1. The Bertz CT molecular complexity index is 932. The average Bonchev–Trinajstić information content (AvgIpc) is 2.64. The van der Waals surface area contributed by atoms with Gasteiger partial charge in [0.1, 0.15) is 18.0 Å². The predicted octanol–water partition coefficient (Wildman–Crippen LogP) is 4.48. The van der Waals surface area contributed by atoms with E-state index in [4.69, 9.17) is 9.47 Å². The molecule has 2 aromatic carbocycles. The Kier molecular flexibility index (Phi) is 5.88. The Morgan fingerprint density at radius 2 is 1.90 bits per heavy atom. The van der Waals surface area contributed by atoms with Gasteiger partial charge in [-0.2, -0.15) is 0 Å². The number of esters is 1. The van der Waals surface area contributed by atoms with Gasteiger partial charge in [0, 0.05) is 11.5 Å². The van der Waals surface area contributed by atoms with E-state index in [1.807, 2.05) is 36.4 Å². The molecule has 0 aromatic heterocycles. The van der Waals surface area contributed by atoms with E-state index in [2.05, 4.69) is 15.9 Å². The van der Waals surface area contributed by atoms with E-state index < -0.39 is 28.9 Å². The van der Waals surface area contributed by atoms with Gasteiger partial charge in [-0.15, -0.1) is 0 Å². The van der Waals surface area contributed by atoms with E-state index in [9.17, 15) is 14.7 Å². The highest BCUT2D eigenvalue weighted by Gasteiger charge is 2.54. The molecule has 1 aliphatic rings. The summed E-state index contributed by atoms with van der Waals surface area (Å²) in [5.41, 5.74) is -0.999. The molecule has 0 amide bonds. The van der Waals surface area contributed by atoms with Crippen molar-refractivity contribution in [2.45, 2.75) is 51.9 Å². The minimum absolute atomic E-state index is 0.280. The third-order valence-electron chi connectivity index (χ3n) is 4.94. The van der Waals surface area contributed by atoms with Gasteiger partial charge in [0.25, 0.3) is 0 Å². The number of ether oxygens (including phenoxy) is 2. The van der Waals surface area contributed by atoms with Crippen LogP contribution in [-0.4, -0.2) is 28.1 Å². The maximum Gasteiger partial charge on any atom is 0.347 e. The summed E-state index contributed by atoms with van der Waals surface area (Å²) in [6.45, 7) is 7.12. The van der Waals surface area contributed by atoms with Crippen molar-refractivity contribution < 1.29 is 24.2 Å². The van der Waals surface area contributed by atoms with Crippen LogP contribution in [-0.2, 0) is 22.6 Å². The minimum Gasteiger partial charge on any atom is -0.488 e. The normalized spacial score (nSPS) is 21.4. The number of halogens is 1. The van der Waals surface area contributed by atoms with Crippen LogP contribution in [0.2, 0.25) is 0 Å². The smallest absolute Gasteiger partial charge is 0.347 e. The Balaban J connectivity index is 1.92. The summed E-state index contributed by atoms with van der Waals surface area (Å²) >= 11 is 3.50. The zero-order chi connectivity index (χ0) is 21.4. The molecule has 2 aromatic rings. The first-order chi connectivity index (χ1) is 13.5. The van der Waals surface area contributed by atoms with Gasteiger partial charge >= 0.3 is 5.97 Å². The molecule has 0 spiro atoms. The lowest BCUT2D eigenvalue weighted by molar-refractivity contribution is -0.176. The van der Waals surface area contributed by atoms with Gasteiger partial charge in [0.2, 0.25) is 11.4 Å². The number of carbonyl (C=O) groups is 2. The number of carbonyl (C=O) groups excluding carboxylic acids is 2. The lowest BCUT2D eigenvalue weighted by atomic mass is 9.72. The standard InChI is InChI=1S/C23H25BrO5/c1-14-10-16-11-18(24)19(28-13-15-8-6-5-7-9-15)12-17(16)20(25)23(14,27)21(26)29-22(2,3)4/h5-9,11-12,14,27H,10,13H2,1-4H3/t14-,23+/m0/s1. The molecule has 0 unspecified atom stereocenters. The van der Waals surface area contributed by atoms with Crippen LogP contribution in [0.15, 0.2) is 46.9 Å². The van der Waals surface area contributed by atoms with Gasteiger partial charge in [-0.3, -0.25) is 4.79 Å². The second-order valence-corrected chi connectivity index (χ2v) is 9.27. The van der Waals surface area contributed by atoms with Crippen molar-refractivity contribution in [3.8, 4) is 5.75 Å². The van der Waals surface area contributed by atoms with Gasteiger partial charge in [0.05, 0.1) is 4.47 Å². The SMILES string of the molecule is C[C@H]1Cc2cc(Br)c(OCc3ccccc3)cc2C(=O)[C@@]1(O)C(=O)OC(C)(C)C. The molecule has 2 atom stereocenters.